The summed E-state index contributed by atoms with van der Waals surface area (Å²) in [6, 6.07) is 4.28. The summed E-state index contributed by atoms with van der Waals surface area (Å²) in [5.41, 5.74) is -0.926. The molecule has 0 radical (unpaired) electrons. The van der Waals surface area contributed by atoms with E-state index in [0.29, 0.717) is 5.75 Å². The van der Waals surface area contributed by atoms with Gasteiger partial charge in [0, 0.05) is 11.6 Å². The number of nitrogens with zero attached hydrogens (tertiary/aromatic N) is 1. The Labute approximate surface area is 137 Å². The molecule has 2 rings (SSSR count). The molecule has 1 heterocycles. The lowest BCUT2D eigenvalue weighted by Crippen LogP contribution is -2.27. The van der Waals surface area contributed by atoms with Crippen molar-refractivity contribution in [3.05, 3.63) is 29.3 Å². The number of benzene rings is 1. The maximum absolute atomic E-state index is 12.0. The van der Waals surface area contributed by atoms with Gasteiger partial charge in [0.05, 0.1) is 26.9 Å². The summed E-state index contributed by atoms with van der Waals surface area (Å²) >= 11 is 0. The van der Waals surface area contributed by atoms with Crippen LogP contribution < -0.4 is 8.92 Å². The van der Waals surface area contributed by atoms with Gasteiger partial charge in [0.25, 0.3) is 0 Å². The second-order valence-electron chi connectivity index (χ2n) is 4.40. The van der Waals surface area contributed by atoms with E-state index in [2.05, 4.69) is 13.9 Å². The lowest BCUT2D eigenvalue weighted by Gasteiger charge is -2.14. The number of methoxy groups -OCH3 is 3. The van der Waals surface area contributed by atoms with Crippen LogP contribution in [0, 0.1) is 0 Å². The van der Waals surface area contributed by atoms with Crippen LogP contribution in [0.4, 0.5) is 0 Å². The molecule has 1 aromatic carbocycles. The van der Waals surface area contributed by atoms with Crippen molar-refractivity contribution < 1.29 is 36.4 Å². The lowest BCUT2D eigenvalue weighted by atomic mass is 10.1. The van der Waals surface area contributed by atoms with Crippen LogP contribution in [0.1, 0.15) is 5.56 Å². The fraction of sp³-hybridized carbons (Fsp3) is 0.214. The smallest absolute Gasteiger partial charge is 0.429 e. The molecule has 0 N–H and O–H groups in total. The lowest BCUT2D eigenvalue weighted by molar-refractivity contribution is -0.137. The van der Waals surface area contributed by atoms with Crippen molar-refractivity contribution in [2.45, 2.75) is 0 Å². The highest BCUT2D eigenvalue weighted by molar-refractivity contribution is 7.86. The van der Waals surface area contributed by atoms with Crippen LogP contribution in [0.2, 0.25) is 0 Å². The van der Waals surface area contributed by atoms with E-state index in [-0.39, 0.29) is 16.9 Å². The fourth-order valence-electron chi connectivity index (χ4n) is 1.86. The number of carbonyl (C=O) groups excluding carboxylic acids is 2. The highest BCUT2D eigenvalue weighted by atomic mass is 32.2. The van der Waals surface area contributed by atoms with Crippen molar-refractivity contribution in [1.29, 1.82) is 0 Å². The van der Waals surface area contributed by atoms with Crippen LogP contribution in [0.25, 0.3) is 6.08 Å². The van der Waals surface area contributed by atoms with Gasteiger partial charge >= 0.3 is 22.2 Å². The van der Waals surface area contributed by atoms with Crippen LogP contribution in [0.15, 0.2) is 28.2 Å². The Morgan fingerprint density at radius 3 is 2.33 bits per heavy atom. The third kappa shape index (κ3) is 3.54. The summed E-state index contributed by atoms with van der Waals surface area (Å²) in [7, 11) is -1.09. The highest BCUT2D eigenvalue weighted by Gasteiger charge is 2.30. The van der Waals surface area contributed by atoms with E-state index in [9.17, 15) is 18.0 Å². The molecule has 24 heavy (non-hydrogen) atoms. The van der Waals surface area contributed by atoms with Crippen LogP contribution in [0.5, 0.6) is 11.5 Å². The molecule has 1 aliphatic heterocycles. The Hall–Kier alpha value is -2.88. The van der Waals surface area contributed by atoms with Crippen LogP contribution >= 0.6 is 0 Å². The molecule has 0 fully saturated rings. The summed E-state index contributed by atoms with van der Waals surface area (Å²) in [6.07, 6.45) is 1.21. The van der Waals surface area contributed by atoms with Gasteiger partial charge in [0.1, 0.15) is 5.75 Å². The average molecular weight is 355 g/mol. The molecule has 0 atom stereocenters. The number of hydrogen-bond acceptors (Lipinski definition) is 8. The molecule has 0 bridgehead atoms. The Balaban J connectivity index is 2.77. The van der Waals surface area contributed by atoms with Crippen molar-refractivity contribution in [2.24, 2.45) is 4.40 Å². The van der Waals surface area contributed by atoms with Crippen molar-refractivity contribution in [3.63, 3.8) is 0 Å². The van der Waals surface area contributed by atoms with E-state index in [0.717, 1.165) is 14.2 Å². The molecule has 9 nitrogen and oxygen atoms in total. The monoisotopic (exact) mass is 355 g/mol. The third-order valence-corrected chi connectivity index (χ3v) is 3.75. The Bertz CT molecular complexity index is 854. The first-order valence-corrected chi connectivity index (χ1v) is 7.79. The Morgan fingerprint density at radius 1 is 1.08 bits per heavy atom. The van der Waals surface area contributed by atoms with Crippen LogP contribution in [-0.2, 0) is 29.4 Å². The van der Waals surface area contributed by atoms with Gasteiger partial charge < -0.3 is 18.4 Å². The minimum atomic E-state index is -4.58. The highest BCUT2D eigenvalue weighted by Crippen LogP contribution is 2.30. The molecule has 1 aliphatic rings. The number of hydrogen-bond donors (Lipinski definition) is 0. The van der Waals surface area contributed by atoms with Gasteiger partial charge in [-0.15, -0.1) is 4.40 Å². The molecule has 128 valence electrons. The predicted molar refractivity (Wildman–Crippen MR) is 82.0 cm³/mol. The number of ether oxygens (including phenoxy) is 3. The first kappa shape index (κ1) is 17.5. The number of rotatable bonds is 3. The maximum Gasteiger partial charge on any atom is 0.429 e. The summed E-state index contributed by atoms with van der Waals surface area (Å²) in [5, 5.41) is 0. The molecule has 0 spiro atoms. The van der Waals surface area contributed by atoms with Crippen molar-refractivity contribution in [3.8, 4) is 11.5 Å². The molecular weight excluding hydrogens is 342 g/mol. The zero-order valence-electron chi connectivity index (χ0n) is 12.9. The standard InChI is InChI=1S/C14H13NO8S/c1-20-9-5-4-8-6-10(13(16)21-2)12(14(17)22-3)15-24(18,19)23-11(8)7-9/h4-7H,1-3H3/b10-6+,15-12+. The fourth-order valence-corrected chi connectivity index (χ4v) is 2.66. The molecule has 0 unspecified atom stereocenters. The second-order valence-corrected chi connectivity index (χ2v) is 5.60. The van der Waals surface area contributed by atoms with Gasteiger partial charge in [0.15, 0.2) is 11.5 Å². The summed E-state index contributed by atoms with van der Waals surface area (Å²) in [6.45, 7) is 0. The van der Waals surface area contributed by atoms with Crippen molar-refractivity contribution in [1.82, 2.24) is 0 Å². The zero-order chi connectivity index (χ0) is 17.9. The molecule has 0 aromatic heterocycles. The normalized spacial score (nSPS) is 19.8. The van der Waals surface area contributed by atoms with E-state index < -0.39 is 28.0 Å². The van der Waals surface area contributed by atoms with E-state index in [4.69, 9.17) is 8.92 Å². The molecule has 1 aromatic rings. The van der Waals surface area contributed by atoms with Gasteiger partial charge in [-0.1, -0.05) is 0 Å². The predicted octanol–water partition coefficient (Wildman–Crippen LogP) is 0.503. The average Bonchev–Trinajstić information content (AvgIpc) is 2.55. The first-order valence-electron chi connectivity index (χ1n) is 6.42. The molecule has 0 saturated heterocycles. The zero-order valence-corrected chi connectivity index (χ0v) is 13.7. The molecular formula is C14H13NO8S. The largest absolute Gasteiger partial charge is 0.497 e. The summed E-state index contributed by atoms with van der Waals surface area (Å²) in [5.74, 6) is -1.88. The van der Waals surface area contributed by atoms with Crippen molar-refractivity contribution in [2.75, 3.05) is 21.3 Å². The van der Waals surface area contributed by atoms with E-state index >= 15 is 0 Å². The van der Waals surface area contributed by atoms with Gasteiger partial charge in [0.2, 0.25) is 0 Å². The third-order valence-electron chi connectivity index (χ3n) is 2.96. The minimum Gasteiger partial charge on any atom is -0.497 e. The van der Waals surface area contributed by atoms with E-state index in [1.807, 2.05) is 0 Å². The minimum absolute atomic E-state index is 0.122. The van der Waals surface area contributed by atoms with Crippen molar-refractivity contribution >= 4 is 34.0 Å². The maximum atomic E-state index is 12.0. The molecule has 0 saturated carbocycles. The molecule has 10 heteroatoms. The van der Waals surface area contributed by atoms with Gasteiger partial charge in [-0.05, 0) is 18.2 Å². The quantitative estimate of drug-likeness (QED) is 0.720. The number of fused-ring (bicyclic) bond motifs is 1. The Kier molecular flexibility index (Phi) is 4.88. The van der Waals surface area contributed by atoms with Gasteiger partial charge in [-0.25, -0.2) is 9.59 Å². The summed E-state index contributed by atoms with van der Waals surface area (Å²) < 4.78 is 46.2. The van der Waals surface area contributed by atoms with Crippen LogP contribution in [0.3, 0.4) is 0 Å². The summed E-state index contributed by atoms with van der Waals surface area (Å²) in [4.78, 5) is 23.8. The molecule has 0 aliphatic carbocycles. The SMILES string of the molecule is COC(=O)C1=C/c2ccc(OC)cc2OS(=O)(=O)/N=C\1C(=O)OC. The Morgan fingerprint density at radius 2 is 1.75 bits per heavy atom. The van der Waals surface area contributed by atoms with Crippen LogP contribution in [-0.4, -0.2) is 47.4 Å². The number of esters is 2. The molecule has 0 amide bonds. The van der Waals surface area contributed by atoms with E-state index in [1.165, 1.54) is 31.4 Å². The first-order chi connectivity index (χ1) is 11.3. The van der Waals surface area contributed by atoms with Gasteiger partial charge in [-0.3, -0.25) is 0 Å². The van der Waals surface area contributed by atoms with E-state index in [1.54, 1.807) is 0 Å². The van der Waals surface area contributed by atoms with Gasteiger partial charge in [-0.2, -0.15) is 8.42 Å². The number of carbonyl (C=O) groups is 2. The topological polar surface area (TPSA) is 118 Å². The second kappa shape index (κ2) is 6.71.